The predicted molar refractivity (Wildman–Crippen MR) is 89.5 cm³/mol. The fourth-order valence-electron chi connectivity index (χ4n) is 2.56. The van der Waals surface area contributed by atoms with Gasteiger partial charge < -0.3 is 15.4 Å². The first-order chi connectivity index (χ1) is 11.1. The van der Waals surface area contributed by atoms with E-state index >= 15 is 0 Å². The summed E-state index contributed by atoms with van der Waals surface area (Å²) in [6.07, 6.45) is 0. The minimum atomic E-state index is -0.0425. The van der Waals surface area contributed by atoms with Crippen LogP contribution in [0.2, 0.25) is 0 Å². The number of amides is 1. The number of aryl methyl sites for hydroxylation is 2. The molecule has 0 saturated heterocycles. The lowest BCUT2D eigenvalue weighted by Gasteiger charge is -2.08. The van der Waals surface area contributed by atoms with Crippen LogP contribution in [-0.4, -0.2) is 29.3 Å². The Balaban J connectivity index is 1.99. The molecule has 23 heavy (non-hydrogen) atoms. The zero-order chi connectivity index (χ0) is 16.8. The van der Waals surface area contributed by atoms with E-state index in [0.717, 1.165) is 22.7 Å². The van der Waals surface area contributed by atoms with Gasteiger partial charge in [-0.2, -0.15) is 5.10 Å². The zero-order valence-corrected chi connectivity index (χ0v) is 14.1. The molecule has 0 fully saturated rings. The maximum absolute atomic E-state index is 11.9. The smallest absolute Gasteiger partial charge is 0.251 e. The van der Waals surface area contributed by atoms with Crippen molar-refractivity contribution in [2.45, 2.75) is 26.9 Å². The van der Waals surface area contributed by atoms with Gasteiger partial charge in [-0.3, -0.25) is 4.79 Å². The van der Waals surface area contributed by atoms with Gasteiger partial charge in [0.15, 0.2) is 0 Å². The molecule has 0 aliphatic rings. The number of rotatable bonds is 7. The molecule has 6 heteroatoms. The monoisotopic (exact) mass is 316 g/mol. The third kappa shape index (κ3) is 4.10. The topological polar surface area (TPSA) is 68.2 Å². The number of benzene rings is 1. The molecule has 0 spiro atoms. The Morgan fingerprint density at radius 3 is 2.83 bits per heavy atom. The van der Waals surface area contributed by atoms with Crippen molar-refractivity contribution in [2.75, 3.05) is 13.7 Å². The van der Waals surface area contributed by atoms with Gasteiger partial charge in [-0.1, -0.05) is 12.1 Å². The molecule has 0 bridgehead atoms. The first-order valence-corrected chi connectivity index (χ1v) is 7.71. The van der Waals surface area contributed by atoms with Crippen LogP contribution in [-0.2, 0) is 20.1 Å². The summed E-state index contributed by atoms with van der Waals surface area (Å²) in [7, 11) is 3.51. The predicted octanol–water partition coefficient (Wildman–Crippen LogP) is 1.78. The Hall–Kier alpha value is -2.34. The molecule has 0 atom stereocenters. The Labute approximate surface area is 136 Å². The standard InChI is InChI=1S/C17H24N4O2/c1-5-19-16(22)14-8-6-7-13(9-14)10-18-11-15-12(2)20-21(3)17(15)23-4/h6-9,18H,5,10-11H2,1-4H3,(H,19,22). The van der Waals surface area contributed by atoms with Crippen molar-refractivity contribution >= 4 is 5.91 Å². The van der Waals surface area contributed by atoms with E-state index in [2.05, 4.69) is 15.7 Å². The maximum atomic E-state index is 11.9. The minimum Gasteiger partial charge on any atom is -0.481 e. The highest BCUT2D eigenvalue weighted by molar-refractivity contribution is 5.94. The first kappa shape index (κ1) is 17.0. The Kier molecular flexibility index (Phi) is 5.76. The quantitative estimate of drug-likeness (QED) is 0.817. The lowest BCUT2D eigenvalue weighted by molar-refractivity contribution is 0.0955. The number of carbonyl (C=O) groups is 1. The van der Waals surface area contributed by atoms with Gasteiger partial charge in [0.05, 0.1) is 18.4 Å². The largest absolute Gasteiger partial charge is 0.481 e. The molecule has 0 aliphatic heterocycles. The summed E-state index contributed by atoms with van der Waals surface area (Å²) >= 11 is 0. The Morgan fingerprint density at radius 2 is 2.13 bits per heavy atom. The molecule has 0 saturated carbocycles. The summed E-state index contributed by atoms with van der Waals surface area (Å²) in [6, 6.07) is 7.63. The number of aromatic nitrogens is 2. The van der Waals surface area contributed by atoms with E-state index in [9.17, 15) is 4.79 Å². The third-order valence-electron chi connectivity index (χ3n) is 3.64. The van der Waals surface area contributed by atoms with Gasteiger partial charge in [0.2, 0.25) is 5.88 Å². The molecule has 1 heterocycles. The van der Waals surface area contributed by atoms with Crippen LogP contribution < -0.4 is 15.4 Å². The summed E-state index contributed by atoms with van der Waals surface area (Å²) in [5.74, 6) is 0.727. The van der Waals surface area contributed by atoms with Crippen molar-refractivity contribution in [3.05, 3.63) is 46.6 Å². The van der Waals surface area contributed by atoms with E-state index in [1.807, 2.05) is 45.2 Å². The molecule has 0 unspecified atom stereocenters. The van der Waals surface area contributed by atoms with Crippen molar-refractivity contribution in [3.8, 4) is 5.88 Å². The maximum Gasteiger partial charge on any atom is 0.251 e. The van der Waals surface area contributed by atoms with E-state index in [-0.39, 0.29) is 5.91 Å². The van der Waals surface area contributed by atoms with Crippen LogP contribution in [0.4, 0.5) is 0 Å². The van der Waals surface area contributed by atoms with E-state index < -0.39 is 0 Å². The molecule has 1 amide bonds. The molecule has 0 radical (unpaired) electrons. The van der Waals surface area contributed by atoms with Crippen molar-refractivity contribution in [1.82, 2.24) is 20.4 Å². The summed E-state index contributed by atoms with van der Waals surface area (Å²) < 4.78 is 7.12. The van der Waals surface area contributed by atoms with Crippen LogP contribution in [0.5, 0.6) is 5.88 Å². The fourth-order valence-corrected chi connectivity index (χ4v) is 2.56. The van der Waals surface area contributed by atoms with Gasteiger partial charge in [0, 0.05) is 32.2 Å². The molecule has 2 rings (SSSR count). The lowest BCUT2D eigenvalue weighted by atomic mass is 10.1. The second-order valence-electron chi connectivity index (χ2n) is 5.36. The summed E-state index contributed by atoms with van der Waals surface area (Å²) in [6.45, 7) is 5.84. The van der Waals surface area contributed by atoms with Gasteiger partial charge in [0.1, 0.15) is 0 Å². The molecular formula is C17H24N4O2. The van der Waals surface area contributed by atoms with Gasteiger partial charge in [-0.25, -0.2) is 4.68 Å². The lowest BCUT2D eigenvalue weighted by Crippen LogP contribution is -2.23. The van der Waals surface area contributed by atoms with Crippen LogP contribution >= 0.6 is 0 Å². The van der Waals surface area contributed by atoms with Crippen molar-refractivity contribution in [2.24, 2.45) is 7.05 Å². The first-order valence-electron chi connectivity index (χ1n) is 7.71. The number of nitrogens with one attached hydrogen (secondary N) is 2. The number of nitrogens with zero attached hydrogens (tertiary/aromatic N) is 2. The number of hydrogen-bond acceptors (Lipinski definition) is 4. The summed E-state index contributed by atoms with van der Waals surface area (Å²) in [5.41, 5.74) is 3.75. The van der Waals surface area contributed by atoms with Gasteiger partial charge in [0.25, 0.3) is 5.91 Å². The average molecular weight is 316 g/mol. The van der Waals surface area contributed by atoms with Crippen LogP contribution in [0.25, 0.3) is 0 Å². The van der Waals surface area contributed by atoms with E-state index in [4.69, 9.17) is 4.74 Å². The number of methoxy groups -OCH3 is 1. The second kappa shape index (κ2) is 7.78. The summed E-state index contributed by atoms with van der Waals surface area (Å²) in [5, 5.41) is 10.6. The molecule has 1 aromatic heterocycles. The van der Waals surface area contributed by atoms with Gasteiger partial charge >= 0.3 is 0 Å². The highest BCUT2D eigenvalue weighted by Crippen LogP contribution is 2.20. The highest BCUT2D eigenvalue weighted by Gasteiger charge is 2.13. The normalized spacial score (nSPS) is 10.6. The molecule has 124 valence electrons. The number of hydrogen-bond donors (Lipinski definition) is 2. The van der Waals surface area contributed by atoms with Crippen LogP contribution in [0, 0.1) is 6.92 Å². The third-order valence-corrected chi connectivity index (χ3v) is 3.64. The van der Waals surface area contributed by atoms with E-state index in [1.54, 1.807) is 11.8 Å². The summed E-state index contributed by atoms with van der Waals surface area (Å²) in [4.78, 5) is 11.9. The van der Waals surface area contributed by atoms with Crippen LogP contribution in [0.1, 0.15) is 34.1 Å². The minimum absolute atomic E-state index is 0.0425. The van der Waals surface area contributed by atoms with E-state index in [0.29, 0.717) is 25.2 Å². The molecule has 6 nitrogen and oxygen atoms in total. The highest BCUT2D eigenvalue weighted by atomic mass is 16.5. The molecule has 2 aromatic rings. The van der Waals surface area contributed by atoms with Crippen molar-refractivity contribution in [3.63, 3.8) is 0 Å². The van der Waals surface area contributed by atoms with Crippen molar-refractivity contribution in [1.29, 1.82) is 0 Å². The molecule has 1 aromatic carbocycles. The average Bonchev–Trinajstić information content (AvgIpc) is 2.81. The number of ether oxygens (including phenoxy) is 1. The fraction of sp³-hybridized carbons (Fsp3) is 0.412. The number of carbonyl (C=O) groups excluding carboxylic acids is 1. The van der Waals surface area contributed by atoms with Crippen LogP contribution in [0.3, 0.4) is 0 Å². The van der Waals surface area contributed by atoms with Crippen molar-refractivity contribution < 1.29 is 9.53 Å². The Bertz CT molecular complexity index is 679. The molecule has 0 aliphatic carbocycles. The SMILES string of the molecule is CCNC(=O)c1cccc(CNCc2c(C)nn(C)c2OC)c1. The van der Waals surface area contributed by atoms with Gasteiger partial charge in [-0.15, -0.1) is 0 Å². The van der Waals surface area contributed by atoms with E-state index in [1.165, 1.54) is 0 Å². The second-order valence-corrected chi connectivity index (χ2v) is 5.36. The van der Waals surface area contributed by atoms with Gasteiger partial charge in [-0.05, 0) is 31.5 Å². The Morgan fingerprint density at radius 1 is 1.35 bits per heavy atom. The molecular weight excluding hydrogens is 292 g/mol. The van der Waals surface area contributed by atoms with Crippen LogP contribution in [0.15, 0.2) is 24.3 Å². The zero-order valence-electron chi connectivity index (χ0n) is 14.1. The molecule has 2 N–H and O–H groups in total.